The van der Waals surface area contributed by atoms with Gasteiger partial charge in [0.25, 0.3) is 0 Å². The van der Waals surface area contributed by atoms with Gasteiger partial charge >= 0.3 is 12.3 Å². The third kappa shape index (κ3) is 14.7. The smallest absolute Gasteiger partial charge is 0.432 e. The lowest BCUT2D eigenvalue weighted by Gasteiger charge is -2.21. The molecule has 0 amide bonds. The van der Waals surface area contributed by atoms with Gasteiger partial charge in [-0.15, -0.1) is 0 Å². The molecule has 1 rings (SSSR count). The maximum absolute atomic E-state index is 12.1. The molecule has 0 radical (unpaired) electrons. The van der Waals surface area contributed by atoms with Gasteiger partial charge in [0.05, 0.1) is 12.2 Å². The Morgan fingerprint density at radius 1 is 0.618 bits per heavy atom. The fraction of sp³-hybridized carbons (Fsp3) is 0.923. The molecule has 4 atom stereocenters. The lowest BCUT2D eigenvalue weighted by Crippen LogP contribution is -2.24. The molecule has 34 heavy (non-hydrogen) atoms. The molecule has 0 aromatic carbocycles. The van der Waals surface area contributed by atoms with E-state index in [0.29, 0.717) is 0 Å². The molecule has 1 aliphatic rings. The number of ether oxygens (including phenoxy) is 6. The molecule has 8 heteroatoms. The van der Waals surface area contributed by atoms with Gasteiger partial charge in [0.1, 0.15) is 25.4 Å². The molecule has 0 aromatic heterocycles. The van der Waals surface area contributed by atoms with Gasteiger partial charge in [0, 0.05) is 14.2 Å². The Hall–Kier alpha value is -1.54. The van der Waals surface area contributed by atoms with E-state index in [2.05, 4.69) is 0 Å². The number of hydrogen-bond donors (Lipinski definition) is 0. The van der Waals surface area contributed by atoms with Crippen molar-refractivity contribution in [3.63, 3.8) is 0 Å². The molecule has 1 aliphatic carbocycles. The van der Waals surface area contributed by atoms with E-state index in [1.54, 1.807) is 14.2 Å². The van der Waals surface area contributed by atoms with Crippen molar-refractivity contribution in [2.24, 2.45) is 0 Å². The molecule has 4 unspecified atom stereocenters. The van der Waals surface area contributed by atoms with E-state index in [-0.39, 0.29) is 37.6 Å². The Labute approximate surface area is 206 Å². The van der Waals surface area contributed by atoms with E-state index in [1.165, 1.54) is 0 Å². The molecule has 0 aromatic rings. The van der Waals surface area contributed by atoms with Crippen LogP contribution in [0.4, 0.5) is 9.59 Å². The van der Waals surface area contributed by atoms with Gasteiger partial charge in [-0.1, -0.05) is 39.5 Å². The van der Waals surface area contributed by atoms with Gasteiger partial charge in [-0.3, -0.25) is 0 Å². The zero-order valence-electron chi connectivity index (χ0n) is 21.9. The van der Waals surface area contributed by atoms with Gasteiger partial charge in [0.15, 0.2) is 0 Å². The number of rotatable bonds is 10. The van der Waals surface area contributed by atoms with Crippen molar-refractivity contribution in [2.75, 3.05) is 27.4 Å². The van der Waals surface area contributed by atoms with Crippen LogP contribution in [0.3, 0.4) is 0 Å². The average molecular weight is 489 g/mol. The van der Waals surface area contributed by atoms with Crippen LogP contribution in [-0.4, -0.2) is 64.2 Å². The predicted octanol–water partition coefficient (Wildman–Crippen LogP) is 6.57. The predicted molar refractivity (Wildman–Crippen MR) is 130 cm³/mol. The van der Waals surface area contributed by atoms with Gasteiger partial charge in [0.2, 0.25) is 0 Å². The first-order valence-electron chi connectivity index (χ1n) is 13.2. The van der Waals surface area contributed by atoms with E-state index in [1.807, 2.05) is 13.8 Å². The third-order valence-corrected chi connectivity index (χ3v) is 6.48. The number of carbonyl (C=O) groups excluding carboxylic acids is 2. The third-order valence-electron chi connectivity index (χ3n) is 6.48. The maximum atomic E-state index is 12.1. The van der Waals surface area contributed by atoms with Crippen molar-refractivity contribution in [3.05, 3.63) is 0 Å². The van der Waals surface area contributed by atoms with Crippen molar-refractivity contribution in [2.45, 2.75) is 128 Å². The Morgan fingerprint density at radius 3 is 1.26 bits per heavy atom. The number of carbonyl (C=O) groups is 2. The summed E-state index contributed by atoms with van der Waals surface area (Å²) in [5, 5.41) is 0. The first-order chi connectivity index (χ1) is 16.5. The minimum absolute atomic E-state index is 0.1000. The van der Waals surface area contributed by atoms with Gasteiger partial charge in [-0.2, -0.15) is 0 Å². The fourth-order valence-corrected chi connectivity index (χ4v) is 4.09. The first-order valence-corrected chi connectivity index (χ1v) is 13.2. The highest BCUT2D eigenvalue weighted by molar-refractivity contribution is 5.60. The minimum Gasteiger partial charge on any atom is -0.432 e. The summed E-state index contributed by atoms with van der Waals surface area (Å²) in [4.78, 5) is 24.3. The van der Waals surface area contributed by atoms with Crippen LogP contribution in [0.15, 0.2) is 0 Å². The summed E-state index contributed by atoms with van der Waals surface area (Å²) < 4.78 is 32.2. The molecule has 1 fully saturated rings. The van der Waals surface area contributed by atoms with E-state index in [4.69, 9.17) is 28.4 Å². The zero-order valence-corrected chi connectivity index (χ0v) is 21.9. The Bertz CT molecular complexity index is 475. The summed E-state index contributed by atoms with van der Waals surface area (Å²) in [6.45, 7) is 4.41. The highest BCUT2D eigenvalue weighted by Crippen LogP contribution is 2.21. The van der Waals surface area contributed by atoms with Crippen molar-refractivity contribution >= 4 is 12.3 Å². The van der Waals surface area contributed by atoms with E-state index >= 15 is 0 Å². The molecule has 0 heterocycles. The molecule has 1 saturated carbocycles. The van der Waals surface area contributed by atoms with E-state index < -0.39 is 12.3 Å². The molecule has 0 saturated heterocycles. The molecular weight excluding hydrogens is 440 g/mol. The Kier molecular flexibility index (Phi) is 17.7. The minimum atomic E-state index is -0.604. The standard InChI is InChI=1S/C26H48O8/c1-5-21(29-3)19-31-25(27)33-23-15-11-8-7-9-12-16-24(18-14-10-13-17-23)34-26(28)32-20-22(6-2)30-4/h21-24H,5-20H2,1-4H3. The molecule has 0 N–H and O–H groups in total. The maximum Gasteiger partial charge on any atom is 0.508 e. The second-order valence-corrected chi connectivity index (χ2v) is 9.12. The monoisotopic (exact) mass is 488 g/mol. The van der Waals surface area contributed by atoms with Gasteiger partial charge in [-0.25, -0.2) is 9.59 Å². The number of methoxy groups -OCH3 is 2. The molecule has 0 bridgehead atoms. The Morgan fingerprint density at radius 2 is 0.941 bits per heavy atom. The summed E-state index contributed by atoms with van der Waals surface area (Å²) in [7, 11) is 3.23. The molecule has 0 spiro atoms. The summed E-state index contributed by atoms with van der Waals surface area (Å²) in [5.41, 5.74) is 0. The van der Waals surface area contributed by atoms with Crippen LogP contribution in [0.1, 0.15) is 104 Å². The van der Waals surface area contributed by atoms with Crippen molar-refractivity contribution < 1.29 is 38.0 Å². The molecular formula is C26H48O8. The van der Waals surface area contributed by atoms with Crippen LogP contribution in [0, 0.1) is 0 Å². The van der Waals surface area contributed by atoms with Crippen molar-refractivity contribution in [1.82, 2.24) is 0 Å². The zero-order chi connectivity index (χ0) is 25.0. The first kappa shape index (κ1) is 30.5. The fourth-order valence-electron chi connectivity index (χ4n) is 4.09. The topological polar surface area (TPSA) is 89.5 Å². The Balaban J connectivity index is 2.45. The lowest BCUT2D eigenvalue weighted by molar-refractivity contribution is -0.0189. The normalized spacial score (nSPS) is 22.6. The van der Waals surface area contributed by atoms with Crippen LogP contribution in [0.2, 0.25) is 0 Å². The molecule has 0 aliphatic heterocycles. The van der Waals surface area contributed by atoms with E-state index in [9.17, 15) is 9.59 Å². The largest absolute Gasteiger partial charge is 0.508 e. The second-order valence-electron chi connectivity index (χ2n) is 9.12. The summed E-state index contributed by atoms with van der Waals surface area (Å²) in [6.07, 6.45) is 11.6. The van der Waals surface area contributed by atoms with E-state index in [0.717, 1.165) is 89.9 Å². The van der Waals surface area contributed by atoms with Crippen LogP contribution >= 0.6 is 0 Å². The van der Waals surface area contributed by atoms with Gasteiger partial charge < -0.3 is 28.4 Å². The summed E-state index contributed by atoms with van der Waals surface area (Å²) >= 11 is 0. The average Bonchev–Trinajstić information content (AvgIpc) is 2.83. The molecule has 200 valence electrons. The highest BCUT2D eigenvalue weighted by atomic mass is 16.7. The summed E-state index contributed by atoms with van der Waals surface area (Å²) in [5.74, 6) is 0. The van der Waals surface area contributed by atoms with Crippen molar-refractivity contribution in [1.29, 1.82) is 0 Å². The quantitative estimate of drug-likeness (QED) is 0.319. The highest BCUT2D eigenvalue weighted by Gasteiger charge is 2.19. The van der Waals surface area contributed by atoms with Crippen LogP contribution in [0.25, 0.3) is 0 Å². The SMILES string of the molecule is CCC(COC(=O)OC1CCCCCCCC(OC(=O)OCC(CC)OC)CCCCC1)OC. The van der Waals surface area contributed by atoms with Crippen LogP contribution in [-0.2, 0) is 28.4 Å². The van der Waals surface area contributed by atoms with Gasteiger partial charge in [-0.05, 0) is 64.2 Å². The summed E-state index contributed by atoms with van der Waals surface area (Å²) in [6, 6.07) is 0. The van der Waals surface area contributed by atoms with Crippen LogP contribution < -0.4 is 0 Å². The van der Waals surface area contributed by atoms with Crippen LogP contribution in [0.5, 0.6) is 0 Å². The van der Waals surface area contributed by atoms with Crippen molar-refractivity contribution in [3.8, 4) is 0 Å². The lowest BCUT2D eigenvalue weighted by atomic mass is 9.98. The molecule has 8 nitrogen and oxygen atoms in total. The number of hydrogen-bond acceptors (Lipinski definition) is 8. The second kappa shape index (κ2) is 19.7.